The number of amides is 1. The molecule has 0 aliphatic heterocycles. The van der Waals surface area contributed by atoms with Gasteiger partial charge in [-0.1, -0.05) is 24.3 Å². The van der Waals surface area contributed by atoms with Gasteiger partial charge in [0.25, 0.3) is 5.92 Å². The Hall–Kier alpha value is -3.60. The first-order chi connectivity index (χ1) is 21.2. The van der Waals surface area contributed by atoms with Crippen LogP contribution in [-0.4, -0.2) is 39.5 Å². The first kappa shape index (κ1) is 33.8. The lowest BCUT2D eigenvalue weighted by molar-refractivity contribution is -0.243. The minimum atomic E-state index is -4.79. The second-order valence-electron chi connectivity index (χ2n) is 14.1. The van der Waals surface area contributed by atoms with Crippen molar-refractivity contribution in [2.45, 2.75) is 102 Å². The summed E-state index contributed by atoms with van der Waals surface area (Å²) < 4.78 is 74.0. The summed E-state index contributed by atoms with van der Waals surface area (Å²) in [5.74, 6) is -2.82. The van der Waals surface area contributed by atoms with Crippen LogP contribution < -0.4 is 4.90 Å². The van der Waals surface area contributed by atoms with E-state index in [4.69, 9.17) is 4.74 Å². The summed E-state index contributed by atoms with van der Waals surface area (Å²) in [6.07, 6.45) is 0.948. The maximum atomic E-state index is 13.8. The molecule has 0 atom stereocenters. The lowest BCUT2D eigenvalue weighted by atomic mass is 9.52. The van der Waals surface area contributed by atoms with Gasteiger partial charge in [0.2, 0.25) is 5.60 Å². The molecule has 3 saturated carbocycles. The van der Waals surface area contributed by atoms with E-state index in [1.54, 1.807) is 44.2 Å². The predicted octanol–water partition coefficient (Wildman–Crippen LogP) is 9.06. The van der Waals surface area contributed by atoms with E-state index in [0.29, 0.717) is 49.7 Å². The van der Waals surface area contributed by atoms with Crippen LogP contribution in [0.2, 0.25) is 0 Å². The normalized spacial score (nSPS) is 22.1. The van der Waals surface area contributed by atoms with Gasteiger partial charge < -0.3 is 9.84 Å². The van der Waals surface area contributed by atoms with Crippen molar-refractivity contribution in [3.05, 3.63) is 77.7 Å². The summed E-state index contributed by atoms with van der Waals surface area (Å²) in [6, 6.07) is 13.7. The maximum Gasteiger partial charge on any atom is 0.427 e. The topological polar surface area (TPSA) is 75.6 Å². The number of hydrogen-bond acceptors (Lipinski definition) is 5. The molecule has 0 saturated heterocycles. The second kappa shape index (κ2) is 11.6. The number of pyridine rings is 2. The molecule has 0 unspecified atom stereocenters. The van der Waals surface area contributed by atoms with E-state index in [2.05, 4.69) is 9.97 Å². The third-order valence-electron chi connectivity index (χ3n) is 9.90. The number of halogens is 5. The van der Waals surface area contributed by atoms with Gasteiger partial charge in [-0.15, -0.1) is 0 Å². The number of ether oxygens (including phenoxy) is 1. The van der Waals surface area contributed by atoms with Gasteiger partial charge in [-0.05, 0) is 113 Å². The number of nitrogens with zero attached hydrogens (tertiary/aromatic N) is 3. The van der Waals surface area contributed by atoms with Crippen molar-refractivity contribution in [2.75, 3.05) is 11.4 Å². The summed E-state index contributed by atoms with van der Waals surface area (Å²) in [5, 5.41) is 10.3. The molecule has 2 aromatic heterocycles. The van der Waals surface area contributed by atoms with E-state index in [-0.39, 0.29) is 23.3 Å². The molecule has 2 heterocycles. The van der Waals surface area contributed by atoms with Gasteiger partial charge in [0, 0.05) is 42.5 Å². The highest BCUT2D eigenvalue weighted by Crippen LogP contribution is 2.58. The molecule has 1 aromatic carbocycles. The molecular weight excluding hydrogens is 605 g/mol. The number of aromatic nitrogens is 2. The zero-order valence-electron chi connectivity index (χ0n) is 26.7. The monoisotopic (exact) mass is 645 g/mol. The average Bonchev–Trinajstić information content (AvgIpc) is 2.99. The van der Waals surface area contributed by atoms with Crippen LogP contribution in [0.1, 0.15) is 90.0 Å². The lowest BCUT2D eigenvalue weighted by Gasteiger charge is -2.54. The second-order valence-corrected chi connectivity index (χ2v) is 14.1. The largest absolute Gasteiger partial charge is 0.433 e. The van der Waals surface area contributed by atoms with Crippen LogP contribution in [0.3, 0.4) is 0 Å². The number of carbonyl (C=O) groups excluding carboxylic acids is 1. The van der Waals surface area contributed by atoms with Crippen molar-refractivity contribution in [2.24, 2.45) is 5.41 Å². The van der Waals surface area contributed by atoms with Gasteiger partial charge in [0.05, 0.1) is 5.60 Å². The smallest absolute Gasteiger partial charge is 0.427 e. The minimum Gasteiger partial charge on any atom is -0.433 e. The fourth-order valence-electron chi connectivity index (χ4n) is 6.57. The molecule has 1 amide bonds. The Balaban J connectivity index is 1.42. The van der Waals surface area contributed by atoms with E-state index in [9.17, 15) is 31.9 Å². The fourth-order valence-corrected chi connectivity index (χ4v) is 6.57. The van der Waals surface area contributed by atoms with Gasteiger partial charge in [0.15, 0.2) is 0 Å². The average molecular weight is 646 g/mol. The molecule has 6 nitrogen and oxygen atoms in total. The molecule has 3 fully saturated rings. The summed E-state index contributed by atoms with van der Waals surface area (Å²) in [6.45, 7) is 5.94. The van der Waals surface area contributed by atoms with Crippen LogP contribution in [0.25, 0.3) is 11.1 Å². The molecule has 3 aromatic rings. The van der Waals surface area contributed by atoms with Crippen LogP contribution in [0.4, 0.5) is 32.6 Å². The molecule has 6 rings (SSSR count). The summed E-state index contributed by atoms with van der Waals surface area (Å²) >= 11 is 0. The van der Waals surface area contributed by atoms with Gasteiger partial charge in [-0.2, -0.15) is 13.2 Å². The third-order valence-corrected chi connectivity index (χ3v) is 9.90. The van der Waals surface area contributed by atoms with Crippen LogP contribution in [0.5, 0.6) is 0 Å². The van der Waals surface area contributed by atoms with E-state index in [1.807, 2.05) is 12.1 Å². The number of carbonyl (C=O) groups is 1. The van der Waals surface area contributed by atoms with Crippen molar-refractivity contribution in [3.63, 3.8) is 0 Å². The number of aliphatic hydroxyl groups is 1. The highest BCUT2D eigenvalue weighted by Gasteiger charge is 2.54. The van der Waals surface area contributed by atoms with Crippen molar-refractivity contribution >= 4 is 11.9 Å². The number of alkyl halides is 5. The van der Waals surface area contributed by atoms with E-state index in [0.717, 1.165) is 32.0 Å². The standard InChI is InChI=1S/C35H40F5N3O3/c1-30(2,45)25-8-6-23(7-9-25)24-12-19-41-28(20-24)43(29(44)46-31(3,4)35(38,39)40)22-33-13-16-34(17-14-33,18-15-33)27-11-10-26(21-42-27)32(5,36)37/h6-12,19-21,45H,13-18,22H2,1-5H3. The quantitative estimate of drug-likeness (QED) is 0.248. The summed E-state index contributed by atoms with van der Waals surface area (Å²) in [4.78, 5) is 23.7. The van der Waals surface area contributed by atoms with E-state index >= 15 is 0 Å². The van der Waals surface area contributed by atoms with E-state index < -0.39 is 34.8 Å². The van der Waals surface area contributed by atoms with Crippen molar-refractivity contribution < 1.29 is 36.6 Å². The summed E-state index contributed by atoms with van der Waals surface area (Å²) in [7, 11) is 0. The molecule has 46 heavy (non-hydrogen) atoms. The number of benzene rings is 1. The first-order valence-corrected chi connectivity index (χ1v) is 15.5. The predicted molar refractivity (Wildman–Crippen MR) is 164 cm³/mol. The zero-order valence-corrected chi connectivity index (χ0v) is 26.7. The van der Waals surface area contributed by atoms with Crippen LogP contribution in [0.15, 0.2) is 60.9 Å². The van der Waals surface area contributed by atoms with Gasteiger partial charge in [-0.3, -0.25) is 9.88 Å². The molecule has 3 aliphatic carbocycles. The Bertz CT molecular complexity index is 1530. The van der Waals surface area contributed by atoms with Crippen LogP contribution in [0, 0.1) is 5.41 Å². The fraction of sp³-hybridized carbons (Fsp3) is 0.514. The third kappa shape index (κ3) is 6.75. The number of anilines is 1. The summed E-state index contributed by atoms with van der Waals surface area (Å²) in [5.41, 5.74) is -1.64. The molecule has 2 bridgehead atoms. The van der Waals surface area contributed by atoms with Crippen molar-refractivity contribution in [1.29, 1.82) is 0 Å². The Labute approximate surface area is 266 Å². The first-order valence-electron chi connectivity index (χ1n) is 15.5. The van der Waals surface area contributed by atoms with Crippen molar-refractivity contribution in [1.82, 2.24) is 9.97 Å². The minimum absolute atomic E-state index is 0.109. The highest BCUT2D eigenvalue weighted by molar-refractivity contribution is 5.88. The number of fused-ring (bicyclic) bond motifs is 3. The Morgan fingerprint density at radius 1 is 0.826 bits per heavy atom. The SMILES string of the molecule is CC(C)(O)c1ccc(-c2ccnc(N(CC34CCC(c5ccc(C(C)(F)F)cn5)(CC3)CC4)C(=O)OC(C)(C)C(F)(F)F)c2)cc1. The molecular formula is C35H40F5N3O3. The zero-order chi connectivity index (χ0) is 33.8. The molecule has 248 valence electrons. The lowest BCUT2D eigenvalue weighted by Crippen LogP contribution is -2.53. The van der Waals surface area contributed by atoms with E-state index in [1.165, 1.54) is 23.4 Å². The van der Waals surface area contributed by atoms with Crippen molar-refractivity contribution in [3.8, 4) is 11.1 Å². The maximum absolute atomic E-state index is 13.8. The Morgan fingerprint density at radius 2 is 1.41 bits per heavy atom. The molecule has 0 spiro atoms. The van der Waals surface area contributed by atoms with Gasteiger partial charge in [0.1, 0.15) is 5.82 Å². The van der Waals surface area contributed by atoms with Gasteiger partial charge >= 0.3 is 12.3 Å². The molecule has 1 N–H and O–H groups in total. The Kier molecular flexibility index (Phi) is 8.49. The van der Waals surface area contributed by atoms with Crippen LogP contribution >= 0.6 is 0 Å². The molecule has 0 radical (unpaired) electrons. The number of hydrogen-bond donors (Lipinski definition) is 1. The van der Waals surface area contributed by atoms with Crippen LogP contribution in [-0.2, 0) is 21.7 Å². The Morgan fingerprint density at radius 3 is 1.91 bits per heavy atom. The van der Waals surface area contributed by atoms with Gasteiger partial charge in [-0.25, -0.2) is 18.6 Å². The molecule has 11 heteroatoms. The molecule has 3 aliphatic rings. The highest BCUT2D eigenvalue weighted by atomic mass is 19.4. The number of rotatable bonds is 8.